The number of allylic oxidation sites excluding steroid dienone is 2. The zero-order valence-corrected chi connectivity index (χ0v) is 11.0. The Balaban J connectivity index is 3.51. The van der Waals surface area contributed by atoms with Crippen LogP contribution in [-0.4, -0.2) is 10.0 Å². The van der Waals surface area contributed by atoms with Crippen molar-refractivity contribution >= 4 is 22.6 Å². The maximum absolute atomic E-state index is 9.07. The third kappa shape index (κ3) is 1.89. The van der Waals surface area contributed by atoms with Gasteiger partial charge in [0.15, 0.2) is 11.3 Å². The predicted molar refractivity (Wildman–Crippen MR) is 64.9 cm³/mol. The first-order valence-electron chi connectivity index (χ1n) is 4.45. The summed E-state index contributed by atoms with van der Waals surface area (Å²) in [6.07, 6.45) is 0. The van der Waals surface area contributed by atoms with Gasteiger partial charge in [0.2, 0.25) is 0 Å². The molecule has 0 aromatic heterocycles. The topological polar surface area (TPSA) is 80.6 Å². The van der Waals surface area contributed by atoms with E-state index in [0.29, 0.717) is 10.0 Å². The molecule has 0 fully saturated rings. The normalized spacial score (nSPS) is 17.1. The standard InChI is InChI=1S/C11H8IN3O/c1-11(2)9(3-12)8(6-15)10(16-11)7(4-13)5-14/h3H2,1-2H3. The first kappa shape index (κ1) is 12.5. The largest absolute Gasteiger partial charge is 0.480 e. The Morgan fingerprint density at radius 3 is 2.25 bits per heavy atom. The molecule has 0 saturated carbocycles. The van der Waals surface area contributed by atoms with E-state index in [-0.39, 0.29) is 11.3 Å². The highest BCUT2D eigenvalue weighted by atomic mass is 127. The van der Waals surface area contributed by atoms with Crippen molar-refractivity contribution in [2.75, 3.05) is 4.43 Å². The van der Waals surface area contributed by atoms with Gasteiger partial charge in [0.25, 0.3) is 0 Å². The third-order valence-corrected chi connectivity index (χ3v) is 3.07. The van der Waals surface area contributed by atoms with E-state index in [4.69, 9.17) is 20.5 Å². The summed E-state index contributed by atoms with van der Waals surface area (Å²) in [7, 11) is 0. The molecule has 0 amide bonds. The molecule has 0 saturated heterocycles. The summed E-state index contributed by atoms with van der Waals surface area (Å²) in [6, 6.07) is 5.50. The Labute approximate surface area is 108 Å². The molecule has 80 valence electrons. The van der Waals surface area contributed by atoms with Crippen molar-refractivity contribution in [3.05, 3.63) is 22.5 Å². The molecule has 1 aliphatic rings. The highest BCUT2D eigenvalue weighted by Crippen LogP contribution is 2.40. The summed E-state index contributed by atoms with van der Waals surface area (Å²) in [5, 5.41) is 26.6. The maximum atomic E-state index is 9.07. The number of hydrogen-bond acceptors (Lipinski definition) is 4. The fourth-order valence-electron chi connectivity index (χ4n) is 1.45. The zero-order valence-electron chi connectivity index (χ0n) is 8.83. The minimum Gasteiger partial charge on any atom is -0.480 e. The number of ether oxygens (including phenoxy) is 1. The van der Waals surface area contributed by atoms with E-state index in [2.05, 4.69) is 22.6 Å². The number of halogens is 1. The molecule has 16 heavy (non-hydrogen) atoms. The molecule has 5 heteroatoms. The molecule has 1 aliphatic heterocycles. The maximum Gasteiger partial charge on any atom is 0.172 e. The van der Waals surface area contributed by atoms with Crippen LogP contribution in [0.3, 0.4) is 0 Å². The van der Waals surface area contributed by atoms with Crippen LogP contribution in [0.15, 0.2) is 22.5 Å². The van der Waals surface area contributed by atoms with E-state index in [1.54, 1.807) is 12.1 Å². The number of hydrogen-bond donors (Lipinski definition) is 0. The lowest BCUT2D eigenvalue weighted by atomic mass is 9.97. The van der Waals surface area contributed by atoms with Crippen LogP contribution < -0.4 is 0 Å². The van der Waals surface area contributed by atoms with Gasteiger partial charge in [-0.3, -0.25) is 0 Å². The summed E-state index contributed by atoms with van der Waals surface area (Å²) in [5.74, 6) is 0.115. The Hall–Kier alpha value is -1.52. The van der Waals surface area contributed by atoms with E-state index < -0.39 is 5.60 Å². The van der Waals surface area contributed by atoms with Crippen LogP contribution in [0, 0.1) is 34.0 Å². The minimum absolute atomic E-state index is 0.115. The minimum atomic E-state index is -0.624. The Morgan fingerprint density at radius 1 is 1.31 bits per heavy atom. The molecule has 0 bridgehead atoms. The smallest absolute Gasteiger partial charge is 0.172 e. The molecular weight excluding hydrogens is 317 g/mol. The van der Waals surface area contributed by atoms with E-state index in [9.17, 15) is 0 Å². The van der Waals surface area contributed by atoms with E-state index in [1.807, 2.05) is 19.9 Å². The van der Waals surface area contributed by atoms with Gasteiger partial charge in [-0.1, -0.05) is 22.6 Å². The molecule has 0 N–H and O–H groups in total. The van der Waals surface area contributed by atoms with Gasteiger partial charge in [-0.25, -0.2) is 0 Å². The van der Waals surface area contributed by atoms with Crippen molar-refractivity contribution in [3.63, 3.8) is 0 Å². The lowest BCUT2D eigenvalue weighted by Crippen LogP contribution is -2.22. The van der Waals surface area contributed by atoms with Crippen molar-refractivity contribution in [1.29, 1.82) is 15.8 Å². The zero-order chi connectivity index (χ0) is 12.3. The highest BCUT2D eigenvalue weighted by Gasteiger charge is 2.38. The van der Waals surface area contributed by atoms with Crippen molar-refractivity contribution in [1.82, 2.24) is 0 Å². The van der Waals surface area contributed by atoms with Gasteiger partial charge < -0.3 is 4.74 Å². The summed E-state index contributed by atoms with van der Waals surface area (Å²) in [6.45, 7) is 3.63. The third-order valence-electron chi connectivity index (χ3n) is 2.31. The monoisotopic (exact) mass is 325 g/mol. The van der Waals surface area contributed by atoms with Gasteiger partial charge in [-0.2, -0.15) is 15.8 Å². The molecule has 4 nitrogen and oxygen atoms in total. The Kier molecular flexibility index (Phi) is 3.57. The fraction of sp³-hybridized carbons (Fsp3) is 0.364. The SMILES string of the molecule is CC1(C)OC(=C(C#N)C#N)C(C#N)=C1CI. The first-order valence-corrected chi connectivity index (χ1v) is 5.98. The van der Waals surface area contributed by atoms with E-state index in [1.165, 1.54) is 0 Å². The first-order chi connectivity index (χ1) is 7.51. The average molecular weight is 325 g/mol. The van der Waals surface area contributed by atoms with Crippen LogP contribution in [0.1, 0.15) is 13.8 Å². The quantitative estimate of drug-likeness (QED) is 0.421. The number of nitrogens with zero attached hydrogens (tertiary/aromatic N) is 3. The Bertz CT molecular complexity index is 493. The highest BCUT2D eigenvalue weighted by molar-refractivity contribution is 14.1. The van der Waals surface area contributed by atoms with E-state index >= 15 is 0 Å². The predicted octanol–water partition coefficient (Wildman–Crippen LogP) is 2.35. The molecule has 0 unspecified atom stereocenters. The molecule has 0 spiro atoms. The summed E-state index contributed by atoms with van der Waals surface area (Å²) in [5.41, 5.74) is 0.358. The van der Waals surface area contributed by atoms with Crippen LogP contribution >= 0.6 is 22.6 Å². The van der Waals surface area contributed by atoms with Crippen molar-refractivity contribution < 1.29 is 4.74 Å². The molecule has 1 heterocycles. The van der Waals surface area contributed by atoms with Crippen LogP contribution in [-0.2, 0) is 4.74 Å². The van der Waals surface area contributed by atoms with E-state index in [0.717, 1.165) is 5.57 Å². The molecule has 0 aromatic rings. The van der Waals surface area contributed by atoms with Gasteiger partial charge in [0.05, 0.1) is 0 Å². The van der Waals surface area contributed by atoms with Crippen molar-refractivity contribution in [3.8, 4) is 18.2 Å². The average Bonchev–Trinajstić information content (AvgIpc) is 2.50. The number of alkyl halides is 1. The Morgan fingerprint density at radius 2 is 1.88 bits per heavy atom. The van der Waals surface area contributed by atoms with Gasteiger partial charge in [-0.15, -0.1) is 0 Å². The number of nitriles is 3. The van der Waals surface area contributed by atoms with Crippen molar-refractivity contribution in [2.24, 2.45) is 0 Å². The summed E-state index contributed by atoms with van der Waals surface area (Å²) < 4.78 is 6.16. The van der Waals surface area contributed by atoms with Crippen LogP contribution in [0.5, 0.6) is 0 Å². The lowest BCUT2D eigenvalue weighted by Gasteiger charge is -2.21. The lowest BCUT2D eigenvalue weighted by molar-refractivity contribution is 0.0935. The molecule has 0 atom stereocenters. The van der Waals surface area contributed by atoms with Crippen LogP contribution in [0.2, 0.25) is 0 Å². The fourth-order valence-corrected chi connectivity index (χ4v) is 2.75. The van der Waals surface area contributed by atoms with Gasteiger partial charge in [0.1, 0.15) is 29.4 Å². The molecule has 0 aromatic carbocycles. The van der Waals surface area contributed by atoms with Gasteiger partial charge in [0, 0.05) is 10.0 Å². The van der Waals surface area contributed by atoms with Crippen LogP contribution in [0.25, 0.3) is 0 Å². The second-order valence-electron chi connectivity index (χ2n) is 3.64. The molecular formula is C11H8IN3O. The summed E-state index contributed by atoms with van der Waals surface area (Å²) >= 11 is 2.13. The second kappa shape index (κ2) is 4.55. The molecule has 1 rings (SSSR count). The molecule has 0 aliphatic carbocycles. The van der Waals surface area contributed by atoms with Gasteiger partial charge >= 0.3 is 0 Å². The summed E-state index contributed by atoms with van der Waals surface area (Å²) in [4.78, 5) is 0. The van der Waals surface area contributed by atoms with Crippen LogP contribution in [0.4, 0.5) is 0 Å². The number of rotatable bonds is 1. The second-order valence-corrected chi connectivity index (χ2v) is 4.40. The van der Waals surface area contributed by atoms with Crippen molar-refractivity contribution in [2.45, 2.75) is 19.4 Å². The molecule has 0 radical (unpaired) electrons. The van der Waals surface area contributed by atoms with Gasteiger partial charge in [-0.05, 0) is 13.8 Å².